The number of hydrogen-bond acceptors (Lipinski definition) is 4. The number of carbonyl (C=O) groups excluding carboxylic acids is 1. The number of methoxy groups -OCH3 is 2. The average molecular weight is 354 g/mol. The number of rotatable bonds is 4. The lowest BCUT2D eigenvalue weighted by Crippen LogP contribution is -2.49. The van der Waals surface area contributed by atoms with E-state index in [4.69, 9.17) is 9.47 Å². The SMILES string of the molecule is COc1cccc(OC)c1C(=O)N1CCN(c2cc(C)ccc2C)CC1. The summed E-state index contributed by atoms with van der Waals surface area (Å²) >= 11 is 0. The third-order valence-electron chi connectivity index (χ3n) is 4.91. The Bertz CT molecular complexity index is 774. The summed E-state index contributed by atoms with van der Waals surface area (Å²) in [5.41, 5.74) is 4.27. The van der Waals surface area contributed by atoms with E-state index in [0.717, 1.165) is 13.1 Å². The van der Waals surface area contributed by atoms with Crippen molar-refractivity contribution in [3.63, 3.8) is 0 Å². The summed E-state index contributed by atoms with van der Waals surface area (Å²) in [7, 11) is 3.15. The third-order valence-corrected chi connectivity index (χ3v) is 4.91. The van der Waals surface area contributed by atoms with E-state index in [1.54, 1.807) is 26.4 Å². The van der Waals surface area contributed by atoms with Crippen LogP contribution >= 0.6 is 0 Å². The molecule has 5 heteroatoms. The second-order valence-corrected chi connectivity index (χ2v) is 6.61. The molecule has 2 aromatic carbocycles. The molecule has 0 bridgehead atoms. The zero-order chi connectivity index (χ0) is 18.7. The Balaban J connectivity index is 1.76. The van der Waals surface area contributed by atoms with E-state index in [2.05, 4.69) is 36.9 Å². The van der Waals surface area contributed by atoms with Gasteiger partial charge >= 0.3 is 0 Å². The van der Waals surface area contributed by atoms with E-state index in [1.165, 1.54) is 16.8 Å². The Morgan fingerprint density at radius 3 is 2.12 bits per heavy atom. The monoisotopic (exact) mass is 354 g/mol. The van der Waals surface area contributed by atoms with Gasteiger partial charge in [0.15, 0.2) is 0 Å². The lowest BCUT2D eigenvalue weighted by molar-refractivity contribution is 0.0740. The van der Waals surface area contributed by atoms with Crippen LogP contribution in [0.5, 0.6) is 11.5 Å². The van der Waals surface area contributed by atoms with E-state index in [1.807, 2.05) is 11.0 Å². The fraction of sp³-hybridized carbons (Fsp3) is 0.381. The summed E-state index contributed by atoms with van der Waals surface area (Å²) in [6.45, 7) is 7.21. The van der Waals surface area contributed by atoms with Crippen molar-refractivity contribution in [2.45, 2.75) is 13.8 Å². The molecule has 0 atom stereocenters. The van der Waals surface area contributed by atoms with Gasteiger partial charge in [-0.15, -0.1) is 0 Å². The van der Waals surface area contributed by atoms with E-state index in [-0.39, 0.29) is 5.91 Å². The van der Waals surface area contributed by atoms with Gasteiger partial charge in [-0.1, -0.05) is 18.2 Å². The van der Waals surface area contributed by atoms with E-state index in [9.17, 15) is 4.79 Å². The Morgan fingerprint density at radius 2 is 1.54 bits per heavy atom. The molecule has 0 unspecified atom stereocenters. The number of carbonyl (C=O) groups is 1. The molecule has 1 aliphatic heterocycles. The van der Waals surface area contributed by atoms with Crippen LogP contribution < -0.4 is 14.4 Å². The standard InChI is InChI=1S/C21H26N2O3/c1-15-8-9-16(2)17(14-15)22-10-12-23(13-11-22)21(24)20-18(25-3)6-5-7-19(20)26-4/h5-9,14H,10-13H2,1-4H3. The molecule has 1 aliphatic rings. The molecule has 0 aliphatic carbocycles. The highest BCUT2D eigenvalue weighted by molar-refractivity contribution is 5.99. The van der Waals surface area contributed by atoms with Gasteiger partial charge < -0.3 is 19.3 Å². The summed E-state index contributed by atoms with van der Waals surface area (Å²) in [6.07, 6.45) is 0. The molecule has 1 amide bonds. The number of anilines is 1. The molecule has 5 nitrogen and oxygen atoms in total. The quantitative estimate of drug-likeness (QED) is 0.845. The minimum Gasteiger partial charge on any atom is -0.496 e. The lowest BCUT2D eigenvalue weighted by atomic mass is 10.1. The van der Waals surface area contributed by atoms with Crippen LogP contribution in [0.15, 0.2) is 36.4 Å². The molecule has 0 spiro atoms. The van der Waals surface area contributed by atoms with Crippen LogP contribution in [0, 0.1) is 13.8 Å². The summed E-state index contributed by atoms with van der Waals surface area (Å²) in [5.74, 6) is 1.05. The zero-order valence-corrected chi connectivity index (χ0v) is 15.9. The van der Waals surface area contributed by atoms with Crippen LogP contribution in [0.1, 0.15) is 21.5 Å². The molecule has 3 rings (SSSR count). The fourth-order valence-corrected chi connectivity index (χ4v) is 3.43. The maximum atomic E-state index is 13.1. The third kappa shape index (κ3) is 3.47. The smallest absolute Gasteiger partial charge is 0.261 e. The van der Waals surface area contributed by atoms with Crippen LogP contribution in [0.3, 0.4) is 0 Å². The van der Waals surface area contributed by atoms with Crippen molar-refractivity contribution in [2.24, 2.45) is 0 Å². The van der Waals surface area contributed by atoms with Gasteiger partial charge in [-0.2, -0.15) is 0 Å². The van der Waals surface area contributed by atoms with E-state index >= 15 is 0 Å². The van der Waals surface area contributed by atoms with Crippen molar-refractivity contribution in [3.05, 3.63) is 53.1 Å². The number of aryl methyl sites for hydroxylation is 2. The Labute approximate surface area is 155 Å². The molecule has 0 radical (unpaired) electrons. The van der Waals surface area contributed by atoms with Gasteiger partial charge in [0.2, 0.25) is 0 Å². The molecule has 0 aromatic heterocycles. The molecule has 26 heavy (non-hydrogen) atoms. The van der Waals surface area contributed by atoms with Crippen molar-refractivity contribution in [2.75, 3.05) is 45.3 Å². The van der Waals surface area contributed by atoms with Crippen LogP contribution in [0.4, 0.5) is 5.69 Å². The predicted octanol–water partition coefficient (Wildman–Crippen LogP) is 3.28. The Kier molecular flexibility index (Phi) is 5.35. The molecule has 0 N–H and O–H groups in total. The van der Waals surface area contributed by atoms with Gasteiger partial charge in [-0.3, -0.25) is 4.79 Å². The summed E-state index contributed by atoms with van der Waals surface area (Å²) in [4.78, 5) is 17.3. The summed E-state index contributed by atoms with van der Waals surface area (Å²) in [5, 5.41) is 0. The first-order valence-corrected chi connectivity index (χ1v) is 8.87. The van der Waals surface area contributed by atoms with Crippen molar-refractivity contribution in [1.29, 1.82) is 0 Å². The predicted molar refractivity (Wildman–Crippen MR) is 104 cm³/mol. The van der Waals surface area contributed by atoms with Crippen LogP contribution in [-0.4, -0.2) is 51.2 Å². The molecule has 1 heterocycles. The first-order chi connectivity index (χ1) is 12.5. The molecular formula is C21H26N2O3. The molecule has 138 valence electrons. The molecule has 0 saturated carbocycles. The highest BCUT2D eigenvalue weighted by Crippen LogP contribution is 2.30. The zero-order valence-electron chi connectivity index (χ0n) is 15.9. The highest BCUT2D eigenvalue weighted by Gasteiger charge is 2.27. The first-order valence-electron chi connectivity index (χ1n) is 8.87. The Morgan fingerprint density at radius 1 is 0.923 bits per heavy atom. The minimum atomic E-state index is -0.0417. The van der Waals surface area contributed by atoms with Gasteiger partial charge in [0.25, 0.3) is 5.91 Å². The number of amides is 1. The number of benzene rings is 2. The molecule has 2 aromatic rings. The van der Waals surface area contributed by atoms with Crippen molar-refractivity contribution in [1.82, 2.24) is 4.90 Å². The molecule has 1 saturated heterocycles. The lowest BCUT2D eigenvalue weighted by Gasteiger charge is -2.37. The van der Waals surface area contributed by atoms with Crippen molar-refractivity contribution in [3.8, 4) is 11.5 Å². The maximum absolute atomic E-state index is 13.1. The topological polar surface area (TPSA) is 42.0 Å². The second-order valence-electron chi connectivity index (χ2n) is 6.61. The number of piperazine rings is 1. The second kappa shape index (κ2) is 7.68. The normalized spacial score (nSPS) is 14.3. The Hall–Kier alpha value is -2.69. The van der Waals surface area contributed by atoms with E-state index in [0.29, 0.717) is 30.2 Å². The van der Waals surface area contributed by atoms with Gasteiger partial charge in [-0.05, 0) is 43.2 Å². The molecule has 1 fully saturated rings. The largest absolute Gasteiger partial charge is 0.496 e. The number of hydrogen-bond donors (Lipinski definition) is 0. The number of ether oxygens (including phenoxy) is 2. The minimum absolute atomic E-state index is 0.0417. The van der Waals surface area contributed by atoms with Crippen molar-refractivity contribution >= 4 is 11.6 Å². The summed E-state index contributed by atoms with van der Waals surface area (Å²) in [6, 6.07) is 11.9. The summed E-state index contributed by atoms with van der Waals surface area (Å²) < 4.78 is 10.8. The number of nitrogens with zero attached hydrogens (tertiary/aromatic N) is 2. The van der Waals surface area contributed by atoms with Crippen LogP contribution in [-0.2, 0) is 0 Å². The average Bonchev–Trinajstić information content (AvgIpc) is 2.68. The van der Waals surface area contributed by atoms with Crippen LogP contribution in [0.2, 0.25) is 0 Å². The van der Waals surface area contributed by atoms with Crippen LogP contribution in [0.25, 0.3) is 0 Å². The maximum Gasteiger partial charge on any atom is 0.261 e. The van der Waals surface area contributed by atoms with Gasteiger partial charge in [0.1, 0.15) is 17.1 Å². The van der Waals surface area contributed by atoms with Gasteiger partial charge in [-0.25, -0.2) is 0 Å². The highest BCUT2D eigenvalue weighted by atomic mass is 16.5. The van der Waals surface area contributed by atoms with Crippen molar-refractivity contribution < 1.29 is 14.3 Å². The van der Waals surface area contributed by atoms with Gasteiger partial charge in [0.05, 0.1) is 14.2 Å². The van der Waals surface area contributed by atoms with E-state index < -0.39 is 0 Å². The van der Waals surface area contributed by atoms with Gasteiger partial charge in [0, 0.05) is 31.9 Å². The molecular weight excluding hydrogens is 328 g/mol. The first kappa shape index (κ1) is 18.1. The fourth-order valence-electron chi connectivity index (χ4n) is 3.43.